The minimum atomic E-state index is -2.00. The second kappa shape index (κ2) is 13.1. The molecule has 0 saturated heterocycles. The molecule has 1 unspecified atom stereocenters. The van der Waals surface area contributed by atoms with E-state index < -0.39 is 8.32 Å². The number of ketones is 1. The van der Waals surface area contributed by atoms with Crippen molar-refractivity contribution in [1.29, 1.82) is 0 Å². The summed E-state index contributed by atoms with van der Waals surface area (Å²) in [5.41, 5.74) is 10.0. The van der Waals surface area contributed by atoms with Gasteiger partial charge in [-0.15, -0.1) is 0 Å². The lowest BCUT2D eigenvalue weighted by Crippen LogP contribution is -2.53. The van der Waals surface area contributed by atoms with Crippen LogP contribution < -0.4 is 0 Å². The summed E-state index contributed by atoms with van der Waals surface area (Å²) in [6, 6.07) is 0. The summed E-state index contributed by atoms with van der Waals surface area (Å²) in [7, 11) is -2.00. The van der Waals surface area contributed by atoms with Gasteiger partial charge in [0.05, 0.1) is 6.26 Å². The predicted octanol–water partition coefficient (Wildman–Crippen LogP) is 10.3. The maximum atomic E-state index is 13.1. The molecule has 6 nitrogen and oxygen atoms in total. The first-order chi connectivity index (χ1) is 19.0. The third-order valence-electron chi connectivity index (χ3n) is 12.7. The highest BCUT2D eigenvalue weighted by molar-refractivity contribution is 6.74. The van der Waals surface area contributed by atoms with Gasteiger partial charge in [0, 0.05) is 30.1 Å². The molecule has 0 aromatic rings. The van der Waals surface area contributed by atoms with E-state index in [2.05, 4.69) is 78.5 Å². The van der Waals surface area contributed by atoms with E-state index in [1.165, 1.54) is 38.5 Å². The molecule has 0 aliphatic heterocycles. The summed E-state index contributed by atoms with van der Waals surface area (Å²) in [6.07, 6.45) is 10.7. The average molecular weight is 588 g/mol. The molecule has 3 fully saturated rings. The zero-order valence-electron chi connectivity index (χ0n) is 28.0. The Morgan fingerprint density at radius 3 is 2.37 bits per heavy atom. The van der Waals surface area contributed by atoms with E-state index >= 15 is 0 Å². The minimum Gasteiger partial charge on any atom is -0.515 e. The SMILES string of the molecule is CC(C)CCCC(C)[C@H]1CC[C@H]2[C@H](CN=[N+]=[N-])[C@@H]([C@@]3(C)CC(=CO)C(=O)C[C@@H]3CO[Si](C)(C)C(C)(C)C)CC[C@]12C. The molecule has 0 aromatic heterocycles. The number of carbonyl (C=O) groups excluding carboxylic acids is 1. The normalized spacial score (nSPS) is 36.3. The summed E-state index contributed by atoms with van der Waals surface area (Å²) in [4.78, 5) is 16.4. The lowest BCUT2D eigenvalue weighted by Gasteiger charge is -2.57. The van der Waals surface area contributed by atoms with Gasteiger partial charge in [0.15, 0.2) is 14.1 Å². The topological polar surface area (TPSA) is 95.3 Å². The van der Waals surface area contributed by atoms with E-state index in [0.717, 1.165) is 18.6 Å². The highest BCUT2D eigenvalue weighted by Crippen LogP contribution is 2.65. The molecule has 1 N–H and O–H groups in total. The molecule has 3 aliphatic rings. The number of aliphatic hydroxyl groups is 1. The zero-order valence-corrected chi connectivity index (χ0v) is 29.0. The lowest BCUT2D eigenvalue weighted by atomic mass is 9.48. The second-order valence-corrected chi connectivity index (χ2v) is 21.4. The van der Waals surface area contributed by atoms with Crippen molar-refractivity contribution in [2.24, 2.45) is 57.4 Å². The van der Waals surface area contributed by atoms with Gasteiger partial charge in [-0.25, -0.2) is 0 Å². The molecule has 3 aliphatic carbocycles. The molecule has 8 atom stereocenters. The van der Waals surface area contributed by atoms with Crippen molar-refractivity contribution in [3.8, 4) is 0 Å². The van der Waals surface area contributed by atoms with Gasteiger partial charge < -0.3 is 9.53 Å². The van der Waals surface area contributed by atoms with Crippen molar-refractivity contribution in [3.63, 3.8) is 0 Å². The molecule has 3 rings (SSSR count). The van der Waals surface area contributed by atoms with Crippen LogP contribution in [0.5, 0.6) is 0 Å². The average Bonchev–Trinajstić information content (AvgIpc) is 3.23. The Kier molecular flexibility index (Phi) is 11.0. The minimum absolute atomic E-state index is 0.0530. The first-order valence-corrected chi connectivity index (χ1v) is 19.4. The van der Waals surface area contributed by atoms with E-state index in [0.29, 0.717) is 55.2 Å². The molecule has 0 radical (unpaired) electrons. The maximum absolute atomic E-state index is 13.1. The summed E-state index contributed by atoms with van der Waals surface area (Å²) in [5.74, 6) is 3.43. The molecule has 234 valence electrons. The molecule has 0 spiro atoms. The third kappa shape index (κ3) is 7.10. The summed E-state index contributed by atoms with van der Waals surface area (Å²) < 4.78 is 6.79. The lowest BCUT2D eigenvalue weighted by molar-refractivity contribution is -0.126. The van der Waals surface area contributed by atoms with Crippen molar-refractivity contribution in [1.82, 2.24) is 0 Å². The molecule has 0 bridgehead atoms. The Morgan fingerprint density at radius 2 is 1.78 bits per heavy atom. The van der Waals surface area contributed by atoms with E-state index in [9.17, 15) is 15.4 Å². The van der Waals surface area contributed by atoms with Crippen LogP contribution in [0, 0.1) is 52.3 Å². The van der Waals surface area contributed by atoms with Crippen LogP contribution in [0.2, 0.25) is 18.1 Å². The van der Waals surface area contributed by atoms with Crippen molar-refractivity contribution in [3.05, 3.63) is 22.3 Å². The number of rotatable bonds is 11. The first kappa shape index (κ1) is 34.2. The largest absolute Gasteiger partial charge is 0.515 e. The van der Waals surface area contributed by atoms with Gasteiger partial charge in [-0.05, 0) is 108 Å². The van der Waals surface area contributed by atoms with E-state index in [4.69, 9.17) is 4.43 Å². The maximum Gasteiger partial charge on any atom is 0.191 e. The fourth-order valence-corrected chi connectivity index (χ4v) is 10.1. The van der Waals surface area contributed by atoms with Crippen LogP contribution in [0.4, 0.5) is 0 Å². The van der Waals surface area contributed by atoms with Gasteiger partial charge in [-0.3, -0.25) is 4.79 Å². The number of hydrogen-bond donors (Lipinski definition) is 1. The highest BCUT2D eigenvalue weighted by atomic mass is 28.4. The zero-order chi connectivity index (χ0) is 30.8. The molecular weight excluding hydrogens is 526 g/mol. The molecule has 0 amide bonds. The van der Waals surface area contributed by atoms with Gasteiger partial charge in [0.1, 0.15) is 0 Å². The van der Waals surface area contributed by atoms with Gasteiger partial charge in [-0.1, -0.05) is 79.8 Å². The Labute approximate surface area is 252 Å². The van der Waals surface area contributed by atoms with Crippen LogP contribution in [0.15, 0.2) is 16.9 Å². The Balaban J connectivity index is 1.93. The van der Waals surface area contributed by atoms with Crippen molar-refractivity contribution >= 4 is 14.1 Å². The first-order valence-electron chi connectivity index (χ1n) is 16.5. The number of Topliss-reactive ketones (excluding diaryl/α,β-unsaturated/α-hetero) is 1. The Bertz CT molecular complexity index is 998. The van der Waals surface area contributed by atoms with Crippen molar-refractivity contribution in [2.75, 3.05) is 13.2 Å². The van der Waals surface area contributed by atoms with Gasteiger partial charge >= 0.3 is 0 Å². The molecular formula is C34H61N3O3Si. The van der Waals surface area contributed by atoms with Crippen molar-refractivity contribution < 1.29 is 14.3 Å². The van der Waals surface area contributed by atoms with Crippen LogP contribution in [0.25, 0.3) is 10.4 Å². The van der Waals surface area contributed by atoms with E-state index in [1.807, 2.05) is 0 Å². The number of allylic oxidation sites excluding steroid dienone is 1. The van der Waals surface area contributed by atoms with Gasteiger partial charge in [0.2, 0.25) is 0 Å². The third-order valence-corrected chi connectivity index (χ3v) is 17.2. The fraction of sp³-hybridized carbons (Fsp3) is 0.912. The van der Waals surface area contributed by atoms with E-state index in [-0.39, 0.29) is 33.5 Å². The number of azide groups is 1. The summed E-state index contributed by atoms with van der Waals surface area (Å²) >= 11 is 0. The summed E-state index contributed by atoms with van der Waals surface area (Å²) in [6.45, 7) is 24.5. The number of hydrogen-bond acceptors (Lipinski definition) is 4. The number of aliphatic hydroxyl groups excluding tert-OH is 1. The van der Waals surface area contributed by atoms with Gasteiger partial charge in [0.25, 0.3) is 0 Å². The molecule has 41 heavy (non-hydrogen) atoms. The standard InChI is InChI=1S/C34H61N3O3Si/c1-23(2)12-11-13-24(3)28-14-15-29-27(20-36-37-35)30(16-17-33(28,29)7)34(8)19-25(21-38)31(39)18-26(34)22-40-41(9,10)32(4,5)6/h21,23-24,26-30,38H,11-20,22H2,1-10H3/t24?,26-,27+,28-,29+,30+,33-,34+/m1/s1. The molecule has 7 heteroatoms. The number of carbonyl (C=O) groups is 1. The number of fused-ring (bicyclic) bond motifs is 1. The van der Waals surface area contributed by atoms with Crippen LogP contribution in [0.1, 0.15) is 113 Å². The summed E-state index contributed by atoms with van der Waals surface area (Å²) in [5, 5.41) is 14.4. The monoisotopic (exact) mass is 587 g/mol. The molecule has 0 aromatic carbocycles. The number of nitrogens with zero attached hydrogens (tertiary/aromatic N) is 3. The Hall–Kier alpha value is -1.30. The van der Waals surface area contributed by atoms with E-state index in [1.54, 1.807) is 0 Å². The Morgan fingerprint density at radius 1 is 1.12 bits per heavy atom. The highest BCUT2D eigenvalue weighted by Gasteiger charge is 2.59. The molecule has 0 heterocycles. The van der Waals surface area contributed by atoms with Crippen LogP contribution in [-0.2, 0) is 9.22 Å². The molecule has 3 saturated carbocycles. The van der Waals surface area contributed by atoms with Crippen LogP contribution in [0.3, 0.4) is 0 Å². The predicted molar refractivity (Wildman–Crippen MR) is 172 cm³/mol. The van der Waals surface area contributed by atoms with Crippen molar-refractivity contribution in [2.45, 2.75) is 131 Å². The van der Waals surface area contributed by atoms with Gasteiger partial charge in [-0.2, -0.15) is 0 Å². The second-order valence-electron chi connectivity index (χ2n) is 16.6. The van der Waals surface area contributed by atoms with Crippen LogP contribution >= 0.6 is 0 Å². The quantitative estimate of drug-likeness (QED) is 0.0650. The smallest absolute Gasteiger partial charge is 0.191 e. The fourth-order valence-electron chi connectivity index (χ4n) is 9.08. The van der Waals surface area contributed by atoms with Crippen LogP contribution in [-0.4, -0.2) is 32.4 Å².